The lowest BCUT2D eigenvalue weighted by Crippen LogP contribution is -2.31. The first-order valence-corrected chi connectivity index (χ1v) is 9.37. The summed E-state index contributed by atoms with van der Waals surface area (Å²) in [4.78, 5) is 15.6. The summed E-state index contributed by atoms with van der Waals surface area (Å²) in [6.45, 7) is 4.12. The van der Waals surface area contributed by atoms with Gasteiger partial charge in [0.25, 0.3) is 0 Å². The van der Waals surface area contributed by atoms with Gasteiger partial charge in [-0.05, 0) is 48.3 Å². The predicted molar refractivity (Wildman–Crippen MR) is 97.8 cm³/mol. The molecule has 0 spiro atoms. The Bertz CT molecular complexity index is 487. The fourth-order valence-electron chi connectivity index (χ4n) is 3.16. The first-order chi connectivity index (χ1) is 10.2. The smallest absolute Gasteiger partial charge is 0.222 e. The van der Waals surface area contributed by atoms with Crippen molar-refractivity contribution < 1.29 is 4.79 Å². The number of likely N-dealkylation sites (tertiary alicyclic amines) is 1. The molecule has 2 heterocycles. The van der Waals surface area contributed by atoms with Crippen LogP contribution in [0, 0.1) is 11.8 Å². The van der Waals surface area contributed by atoms with Gasteiger partial charge in [-0.2, -0.15) is 0 Å². The van der Waals surface area contributed by atoms with Gasteiger partial charge in [-0.1, -0.05) is 15.9 Å². The molecule has 3 nitrogen and oxygen atoms in total. The summed E-state index contributed by atoms with van der Waals surface area (Å²) in [6, 6.07) is 8.35. The third kappa shape index (κ3) is 4.63. The van der Waals surface area contributed by atoms with Crippen molar-refractivity contribution in [3.05, 3.63) is 28.7 Å². The zero-order chi connectivity index (χ0) is 14.7. The Morgan fingerprint density at radius 1 is 1.23 bits per heavy atom. The van der Waals surface area contributed by atoms with E-state index in [1.165, 1.54) is 4.90 Å². The number of carbonyl (C=O) groups is 1. The van der Waals surface area contributed by atoms with Crippen molar-refractivity contribution >= 4 is 46.0 Å². The largest absolute Gasteiger partial charge is 0.342 e. The Labute approximate surface area is 151 Å². The second-order valence-electron chi connectivity index (χ2n) is 5.88. The number of nitrogens with zero attached hydrogens (tertiary/aromatic N) is 1. The summed E-state index contributed by atoms with van der Waals surface area (Å²) in [7, 11) is 0. The predicted octanol–water partition coefficient (Wildman–Crippen LogP) is 3.42. The lowest BCUT2D eigenvalue weighted by Gasteiger charge is -2.17. The van der Waals surface area contributed by atoms with E-state index in [-0.39, 0.29) is 12.4 Å². The van der Waals surface area contributed by atoms with E-state index in [0.717, 1.165) is 42.8 Å². The van der Waals surface area contributed by atoms with Crippen LogP contribution in [0.25, 0.3) is 0 Å². The number of hydrogen-bond donors (Lipinski definition) is 1. The van der Waals surface area contributed by atoms with Crippen molar-refractivity contribution in [3.8, 4) is 0 Å². The topological polar surface area (TPSA) is 32.3 Å². The first-order valence-electron chi connectivity index (χ1n) is 7.59. The number of hydrogen-bond acceptors (Lipinski definition) is 3. The SMILES string of the molecule is Cl.O=C(CCCSc1ccc(Br)cc1)N1C[C@H]2CNC[C@H]2C1. The minimum Gasteiger partial charge on any atom is -0.342 e. The van der Waals surface area contributed by atoms with Crippen LogP contribution in [0.2, 0.25) is 0 Å². The minimum atomic E-state index is 0. The van der Waals surface area contributed by atoms with Crippen LogP contribution in [-0.2, 0) is 4.79 Å². The quantitative estimate of drug-likeness (QED) is 0.602. The lowest BCUT2D eigenvalue weighted by atomic mass is 10.0. The number of carbonyl (C=O) groups excluding carboxylic acids is 1. The number of halogens is 2. The molecule has 0 unspecified atom stereocenters. The van der Waals surface area contributed by atoms with Crippen molar-refractivity contribution in [1.29, 1.82) is 0 Å². The van der Waals surface area contributed by atoms with Gasteiger partial charge in [0.1, 0.15) is 0 Å². The van der Waals surface area contributed by atoms with E-state index in [9.17, 15) is 4.79 Å². The third-order valence-electron chi connectivity index (χ3n) is 4.36. The summed E-state index contributed by atoms with van der Waals surface area (Å²) in [6.07, 6.45) is 1.65. The molecule has 1 N–H and O–H groups in total. The Balaban J connectivity index is 0.00000176. The van der Waals surface area contributed by atoms with Crippen LogP contribution in [-0.4, -0.2) is 42.7 Å². The molecule has 3 rings (SSSR count). The minimum absolute atomic E-state index is 0. The van der Waals surface area contributed by atoms with Crippen LogP contribution >= 0.6 is 40.1 Å². The Kier molecular flexibility index (Phi) is 7.06. The Morgan fingerprint density at radius 2 is 1.86 bits per heavy atom. The zero-order valence-corrected chi connectivity index (χ0v) is 15.7. The van der Waals surface area contributed by atoms with Crippen LogP contribution < -0.4 is 5.32 Å². The maximum Gasteiger partial charge on any atom is 0.222 e. The highest BCUT2D eigenvalue weighted by molar-refractivity contribution is 9.10. The number of fused-ring (bicyclic) bond motifs is 1. The molecule has 2 aliphatic heterocycles. The van der Waals surface area contributed by atoms with Crippen molar-refractivity contribution in [3.63, 3.8) is 0 Å². The molecular formula is C16H22BrClN2OS. The summed E-state index contributed by atoms with van der Waals surface area (Å²) in [5.74, 6) is 2.76. The second-order valence-corrected chi connectivity index (χ2v) is 7.97. The molecule has 0 aromatic heterocycles. The molecule has 2 atom stereocenters. The molecule has 2 fully saturated rings. The first kappa shape index (κ1) is 18.1. The number of benzene rings is 1. The maximum absolute atomic E-state index is 12.2. The van der Waals surface area contributed by atoms with Crippen molar-refractivity contribution in [2.45, 2.75) is 17.7 Å². The third-order valence-corrected chi connectivity index (χ3v) is 5.99. The van der Waals surface area contributed by atoms with Crippen LogP contribution in [0.3, 0.4) is 0 Å². The molecule has 0 aliphatic carbocycles. The molecule has 22 heavy (non-hydrogen) atoms. The molecule has 122 valence electrons. The standard InChI is InChI=1S/C16H21BrN2OS.ClH/c17-14-3-5-15(6-4-14)21-7-1-2-16(20)19-10-12-8-18-9-13(12)11-19;/h3-6,12-13,18H,1-2,7-11H2;1H/t12-,13+;. The Hall–Kier alpha value is -0.230. The highest BCUT2D eigenvalue weighted by atomic mass is 79.9. The summed E-state index contributed by atoms with van der Waals surface area (Å²) < 4.78 is 1.11. The number of rotatable bonds is 5. The molecule has 2 aliphatic rings. The van der Waals surface area contributed by atoms with Gasteiger partial charge in [0.2, 0.25) is 5.91 Å². The van der Waals surface area contributed by atoms with Gasteiger partial charge in [-0.15, -0.1) is 24.2 Å². The van der Waals surface area contributed by atoms with Gasteiger partial charge in [0, 0.05) is 42.0 Å². The molecule has 6 heteroatoms. The highest BCUT2D eigenvalue weighted by Gasteiger charge is 2.37. The monoisotopic (exact) mass is 404 g/mol. The average Bonchev–Trinajstić information content (AvgIpc) is 3.06. The van der Waals surface area contributed by atoms with Crippen LogP contribution in [0.5, 0.6) is 0 Å². The van der Waals surface area contributed by atoms with E-state index in [4.69, 9.17) is 0 Å². The fraction of sp³-hybridized carbons (Fsp3) is 0.562. The van der Waals surface area contributed by atoms with Crippen LogP contribution in [0.15, 0.2) is 33.6 Å². The second kappa shape index (κ2) is 8.57. The van der Waals surface area contributed by atoms with Gasteiger partial charge < -0.3 is 10.2 Å². The number of nitrogens with one attached hydrogen (secondary N) is 1. The Morgan fingerprint density at radius 3 is 2.50 bits per heavy atom. The van der Waals surface area contributed by atoms with E-state index in [0.29, 0.717) is 24.2 Å². The van der Waals surface area contributed by atoms with Gasteiger partial charge >= 0.3 is 0 Å². The summed E-state index contributed by atoms with van der Waals surface area (Å²) in [5.41, 5.74) is 0. The van der Waals surface area contributed by atoms with Crippen molar-refractivity contribution in [2.24, 2.45) is 11.8 Å². The highest BCUT2D eigenvalue weighted by Crippen LogP contribution is 2.27. The molecule has 0 saturated carbocycles. The van der Waals surface area contributed by atoms with Crippen molar-refractivity contribution in [1.82, 2.24) is 10.2 Å². The van der Waals surface area contributed by atoms with E-state index in [2.05, 4.69) is 50.4 Å². The molecule has 1 aromatic carbocycles. The molecule has 0 bridgehead atoms. The molecule has 1 amide bonds. The lowest BCUT2D eigenvalue weighted by molar-refractivity contribution is -0.130. The van der Waals surface area contributed by atoms with Crippen LogP contribution in [0.4, 0.5) is 0 Å². The van der Waals surface area contributed by atoms with Crippen molar-refractivity contribution in [2.75, 3.05) is 31.9 Å². The maximum atomic E-state index is 12.2. The zero-order valence-electron chi connectivity index (χ0n) is 12.5. The molecule has 2 saturated heterocycles. The summed E-state index contributed by atoms with van der Waals surface area (Å²) >= 11 is 5.27. The molecule has 1 aromatic rings. The van der Waals surface area contributed by atoms with Gasteiger partial charge in [-0.3, -0.25) is 4.79 Å². The van der Waals surface area contributed by atoms with Gasteiger partial charge in [0.15, 0.2) is 0 Å². The van der Waals surface area contributed by atoms with Gasteiger partial charge in [0.05, 0.1) is 0 Å². The molecule has 0 radical (unpaired) electrons. The van der Waals surface area contributed by atoms with E-state index < -0.39 is 0 Å². The summed E-state index contributed by atoms with van der Waals surface area (Å²) in [5, 5.41) is 3.41. The average molecular weight is 406 g/mol. The van der Waals surface area contributed by atoms with E-state index in [1.807, 2.05) is 11.8 Å². The normalized spacial score (nSPS) is 23.2. The number of amides is 1. The van der Waals surface area contributed by atoms with E-state index in [1.54, 1.807) is 0 Å². The van der Waals surface area contributed by atoms with Crippen LogP contribution in [0.1, 0.15) is 12.8 Å². The van der Waals surface area contributed by atoms with Gasteiger partial charge in [-0.25, -0.2) is 0 Å². The number of thioether (sulfide) groups is 1. The van der Waals surface area contributed by atoms with E-state index >= 15 is 0 Å². The molecular weight excluding hydrogens is 384 g/mol. The fourth-order valence-corrected chi connectivity index (χ4v) is 4.28.